The highest BCUT2D eigenvalue weighted by Crippen LogP contribution is 2.28. The molecular weight excluding hydrogens is 330 g/mol. The fraction of sp³-hybridized carbons (Fsp3) is 0.350. The smallest absolute Gasteiger partial charge is 0.193 e. The first-order chi connectivity index (χ1) is 12.7. The molecule has 26 heavy (non-hydrogen) atoms. The van der Waals surface area contributed by atoms with Crippen LogP contribution in [0, 0.1) is 0 Å². The van der Waals surface area contributed by atoms with Gasteiger partial charge in [-0.15, -0.1) is 0 Å². The largest absolute Gasteiger partial charge is 0.497 e. The predicted molar refractivity (Wildman–Crippen MR) is 106 cm³/mol. The van der Waals surface area contributed by atoms with Crippen LogP contribution in [0.1, 0.15) is 19.4 Å². The maximum absolute atomic E-state index is 5.94. The van der Waals surface area contributed by atoms with Gasteiger partial charge in [0.2, 0.25) is 0 Å². The van der Waals surface area contributed by atoms with Crippen LogP contribution in [-0.4, -0.2) is 32.8 Å². The molecule has 0 unspecified atom stereocenters. The van der Waals surface area contributed by atoms with Crippen molar-refractivity contribution in [1.29, 1.82) is 0 Å². The molecular formula is C20H27N3O3. The van der Waals surface area contributed by atoms with E-state index in [-0.39, 0.29) is 0 Å². The number of rotatable bonds is 9. The van der Waals surface area contributed by atoms with Crippen LogP contribution >= 0.6 is 0 Å². The van der Waals surface area contributed by atoms with E-state index < -0.39 is 0 Å². The van der Waals surface area contributed by atoms with Gasteiger partial charge in [-0.25, -0.2) is 0 Å². The van der Waals surface area contributed by atoms with Gasteiger partial charge in [0.1, 0.15) is 5.75 Å². The van der Waals surface area contributed by atoms with Gasteiger partial charge in [-0.1, -0.05) is 6.07 Å². The fourth-order valence-corrected chi connectivity index (χ4v) is 2.42. The summed E-state index contributed by atoms with van der Waals surface area (Å²) in [6.07, 6.45) is 0.761. The van der Waals surface area contributed by atoms with Crippen LogP contribution in [0.15, 0.2) is 47.5 Å². The summed E-state index contributed by atoms with van der Waals surface area (Å²) in [4.78, 5) is 4.37. The van der Waals surface area contributed by atoms with Gasteiger partial charge in [0.25, 0.3) is 0 Å². The summed E-state index contributed by atoms with van der Waals surface area (Å²) in [5, 5.41) is 3.06. The van der Waals surface area contributed by atoms with Crippen LogP contribution in [-0.2, 0) is 6.42 Å². The molecule has 0 atom stereocenters. The Bertz CT molecular complexity index is 715. The van der Waals surface area contributed by atoms with E-state index in [1.165, 1.54) is 0 Å². The second kappa shape index (κ2) is 10.2. The summed E-state index contributed by atoms with van der Waals surface area (Å²) in [5.74, 6) is 2.71. The third kappa shape index (κ3) is 5.88. The molecule has 0 aromatic heterocycles. The van der Waals surface area contributed by atoms with Crippen LogP contribution in [0.2, 0.25) is 0 Å². The Hall–Kier alpha value is -2.89. The molecule has 0 saturated heterocycles. The minimum atomic E-state index is 0.381. The van der Waals surface area contributed by atoms with Gasteiger partial charge >= 0.3 is 0 Å². The predicted octanol–water partition coefficient (Wildman–Crippen LogP) is 3.46. The van der Waals surface area contributed by atoms with E-state index in [9.17, 15) is 0 Å². The fourth-order valence-electron chi connectivity index (χ4n) is 2.42. The zero-order chi connectivity index (χ0) is 18.8. The summed E-state index contributed by atoms with van der Waals surface area (Å²) in [6.45, 7) is 5.70. The zero-order valence-electron chi connectivity index (χ0n) is 15.6. The molecule has 0 heterocycles. The van der Waals surface area contributed by atoms with Crippen molar-refractivity contribution in [2.24, 2.45) is 10.7 Å². The number of hydrogen-bond acceptors (Lipinski definition) is 4. The molecule has 0 bridgehead atoms. The summed E-state index contributed by atoms with van der Waals surface area (Å²) < 4.78 is 16.4. The highest BCUT2D eigenvalue weighted by Gasteiger charge is 2.06. The number of nitrogens with two attached hydrogens (primary N) is 1. The monoisotopic (exact) mass is 357 g/mol. The lowest BCUT2D eigenvalue weighted by atomic mass is 10.1. The third-order valence-corrected chi connectivity index (χ3v) is 3.65. The molecule has 0 radical (unpaired) electrons. The van der Waals surface area contributed by atoms with E-state index >= 15 is 0 Å². The van der Waals surface area contributed by atoms with Crippen molar-refractivity contribution in [2.75, 3.05) is 32.2 Å². The highest BCUT2D eigenvalue weighted by molar-refractivity contribution is 5.92. The number of guanidine groups is 1. The lowest BCUT2D eigenvalue weighted by Gasteiger charge is -2.12. The number of anilines is 1. The van der Waals surface area contributed by atoms with E-state index in [1.54, 1.807) is 7.11 Å². The molecule has 0 amide bonds. The van der Waals surface area contributed by atoms with Gasteiger partial charge in [-0.2, -0.15) is 0 Å². The van der Waals surface area contributed by atoms with Crippen molar-refractivity contribution < 1.29 is 14.2 Å². The molecule has 140 valence electrons. The molecule has 0 aliphatic carbocycles. The third-order valence-electron chi connectivity index (χ3n) is 3.65. The maximum Gasteiger partial charge on any atom is 0.193 e. The van der Waals surface area contributed by atoms with Crippen molar-refractivity contribution in [2.45, 2.75) is 20.3 Å². The number of hydrogen-bond donors (Lipinski definition) is 2. The van der Waals surface area contributed by atoms with E-state index in [0.29, 0.717) is 25.7 Å². The van der Waals surface area contributed by atoms with Crippen LogP contribution in [0.4, 0.5) is 5.69 Å². The standard InChI is InChI=1S/C20H27N3O3/c1-4-25-18-11-6-15(14-19(18)26-5-2)12-13-22-20(21)23-16-7-9-17(24-3)10-8-16/h6-11,14H,4-5,12-13H2,1-3H3,(H3,21,22,23). The Morgan fingerprint density at radius 2 is 1.69 bits per heavy atom. The molecule has 2 aromatic carbocycles. The normalized spacial score (nSPS) is 11.1. The Balaban J connectivity index is 1.92. The first-order valence-electron chi connectivity index (χ1n) is 8.75. The average molecular weight is 357 g/mol. The van der Waals surface area contributed by atoms with Crippen molar-refractivity contribution >= 4 is 11.6 Å². The lowest BCUT2D eigenvalue weighted by molar-refractivity contribution is 0.287. The van der Waals surface area contributed by atoms with Crippen molar-refractivity contribution in [3.63, 3.8) is 0 Å². The van der Waals surface area contributed by atoms with Crippen molar-refractivity contribution in [3.05, 3.63) is 48.0 Å². The van der Waals surface area contributed by atoms with Crippen LogP contribution in [0.25, 0.3) is 0 Å². The Morgan fingerprint density at radius 1 is 1.00 bits per heavy atom. The molecule has 0 aliphatic rings. The molecule has 3 N–H and O–H groups in total. The number of ether oxygens (including phenoxy) is 3. The first kappa shape index (κ1) is 19.4. The molecule has 2 rings (SSSR count). The summed E-state index contributed by atoms with van der Waals surface area (Å²) in [6, 6.07) is 13.5. The molecule has 0 aliphatic heterocycles. The van der Waals surface area contributed by atoms with E-state index in [0.717, 1.165) is 34.9 Å². The Kier molecular flexibility index (Phi) is 7.61. The van der Waals surface area contributed by atoms with E-state index in [4.69, 9.17) is 19.9 Å². The number of nitrogens with one attached hydrogen (secondary N) is 1. The minimum absolute atomic E-state index is 0.381. The van der Waals surface area contributed by atoms with Gasteiger partial charge in [0, 0.05) is 12.2 Å². The molecule has 0 saturated carbocycles. The second-order valence-corrected chi connectivity index (χ2v) is 5.52. The molecule has 0 fully saturated rings. The van der Waals surface area contributed by atoms with Crippen molar-refractivity contribution in [1.82, 2.24) is 0 Å². The number of benzene rings is 2. The van der Waals surface area contributed by atoms with Gasteiger partial charge in [0.15, 0.2) is 17.5 Å². The van der Waals surface area contributed by atoms with Crippen LogP contribution in [0.5, 0.6) is 17.2 Å². The molecule has 6 nitrogen and oxygen atoms in total. The number of nitrogens with zero attached hydrogens (tertiary/aromatic N) is 1. The average Bonchev–Trinajstić information content (AvgIpc) is 2.65. The van der Waals surface area contributed by atoms with Crippen molar-refractivity contribution in [3.8, 4) is 17.2 Å². The second-order valence-electron chi connectivity index (χ2n) is 5.52. The number of aliphatic imine (C=N–C) groups is 1. The lowest BCUT2D eigenvalue weighted by Crippen LogP contribution is -2.23. The van der Waals surface area contributed by atoms with Crippen LogP contribution in [0.3, 0.4) is 0 Å². The van der Waals surface area contributed by atoms with Crippen LogP contribution < -0.4 is 25.3 Å². The maximum atomic E-state index is 5.94. The van der Waals surface area contributed by atoms with Gasteiger partial charge in [-0.05, 0) is 62.2 Å². The Morgan fingerprint density at radius 3 is 2.35 bits per heavy atom. The quantitative estimate of drug-likeness (QED) is 0.531. The van der Waals surface area contributed by atoms with E-state index in [1.807, 2.05) is 56.3 Å². The van der Waals surface area contributed by atoms with E-state index in [2.05, 4.69) is 10.3 Å². The van der Waals surface area contributed by atoms with Gasteiger partial charge < -0.3 is 25.3 Å². The van der Waals surface area contributed by atoms with Gasteiger partial charge in [0.05, 0.1) is 20.3 Å². The summed E-state index contributed by atoms with van der Waals surface area (Å²) in [7, 11) is 1.64. The summed E-state index contributed by atoms with van der Waals surface area (Å²) in [5.41, 5.74) is 7.94. The number of methoxy groups -OCH3 is 1. The Labute approximate surface area is 155 Å². The zero-order valence-corrected chi connectivity index (χ0v) is 15.6. The topological polar surface area (TPSA) is 78.1 Å². The molecule has 2 aromatic rings. The molecule has 6 heteroatoms. The summed E-state index contributed by atoms with van der Waals surface area (Å²) >= 11 is 0. The molecule has 0 spiro atoms. The first-order valence-corrected chi connectivity index (χ1v) is 8.75. The van der Waals surface area contributed by atoms with Gasteiger partial charge in [-0.3, -0.25) is 4.99 Å². The SMILES string of the molecule is CCOc1ccc(CCN=C(N)Nc2ccc(OC)cc2)cc1OCC. The highest BCUT2D eigenvalue weighted by atomic mass is 16.5. The minimum Gasteiger partial charge on any atom is -0.497 e.